The zero-order valence-corrected chi connectivity index (χ0v) is 15.5. The molecule has 8 heteroatoms. The van der Waals surface area contributed by atoms with Crippen LogP contribution >= 0.6 is 23.2 Å². The van der Waals surface area contributed by atoms with Gasteiger partial charge in [0.25, 0.3) is 5.91 Å². The van der Waals surface area contributed by atoms with Gasteiger partial charge in [-0.15, -0.1) is 0 Å². The fourth-order valence-electron chi connectivity index (χ4n) is 2.67. The van der Waals surface area contributed by atoms with Crippen LogP contribution < -0.4 is 15.7 Å². The van der Waals surface area contributed by atoms with Gasteiger partial charge in [0.1, 0.15) is 5.75 Å². The van der Waals surface area contributed by atoms with Gasteiger partial charge in [-0.3, -0.25) is 13.9 Å². The number of ether oxygens (including phenoxy) is 1. The molecule has 0 unspecified atom stereocenters. The first-order chi connectivity index (χ1) is 12.5. The van der Waals surface area contributed by atoms with E-state index in [0.29, 0.717) is 28.9 Å². The van der Waals surface area contributed by atoms with Gasteiger partial charge in [0.2, 0.25) is 0 Å². The molecule has 0 saturated heterocycles. The molecule has 3 rings (SSSR count). The fourth-order valence-corrected chi connectivity index (χ4v) is 3.14. The van der Waals surface area contributed by atoms with Gasteiger partial charge < -0.3 is 10.1 Å². The average Bonchev–Trinajstić information content (AvgIpc) is 2.86. The summed E-state index contributed by atoms with van der Waals surface area (Å²) in [5.41, 5.74) is 1.56. The quantitative estimate of drug-likeness (QED) is 0.699. The first kappa shape index (κ1) is 18.4. The summed E-state index contributed by atoms with van der Waals surface area (Å²) < 4.78 is 8.60. The minimum atomic E-state index is -0.302. The maximum absolute atomic E-state index is 12.3. The Hall–Kier alpha value is -2.44. The smallest absolute Gasteiger partial charge is 0.328 e. The molecule has 136 valence electrons. The van der Waals surface area contributed by atoms with Gasteiger partial charge in [-0.2, -0.15) is 0 Å². The van der Waals surface area contributed by atoms with E-state index in [2.05, 4.69) is 5.32 Å². The molecule has 1 N–H and O–H groups in total. The monoisotopic (exact) mass is 393 g/mol. The Balaban J connectivity index is 1.56. The van der Waals surface area contributed by atoms with Crippen LogP contribution in [0.5, 0.6) is 5.75 Å². The van der Waals surface area contributed by atoms with E-state index in [4.69, 9.17) is 27.9 Å². The summed E-state index contributed by atoms with van der Waals surface area (Å²) in [6, 6.07) is 12.3. The molecule has 2 aromatic carbocycles. The number of halogens is 2. The van der Waals surface area contributed by atoms with Gasteiger partial charge in [-0.25, -0.2) is 4.79 Å². The highest BCUT2D eigenvalue weighted by Gasteiger charge is 2.10. The van der Waals surface area contributed by atoms with Crippen molar-refractivity contribution in [2.24, 2.45) is 7.05 Å². The Kier molecular flexibility index (Phi) is 5.54. The molecule has 0 radical (unpaired) electrons. The lowest BCUT2D eigenvalue weighted by Crippen LogP contribution is -2.34. The highest BCUT2D eigenvalue weighted by molar-refractivity contribution is 6.35. The van der Waals surface area contributed by atoms with Crippen LogP contribution in [0.1, 0.15) is 0 Å². The van der Waals surface area contributed by atoms with Crippen molar-refractivity contribution in [3.8, 4) is 5.75 Å². The summed E-state index contributed by atoms with van der Waals surface area (Å²) in [5.74, 6) is 0.0841. The van der Waals surface area contributed by atoms with Crippen LogP contribution in [0.15, 0.2) is 47.3 Å². The lowest BCUT2D eigenvalue weighted by molar-refractivity contribution is -0.123. The first-order valence-corrected chi connectivity index (χ1v) is 8.72. The summed E-state index contributed by atoms with van der Waals surface area (Å²) in [6.45, 7) is 0.504. The molecule has 0 aliphatic carbocycles. The number of fused-ring (bicyclic) bond motifs is 1. The predicted molar refractivity (Wildman–Crippen MR) is 102 cm³/mol. The average molecular weight is 394 g/mol. The zero-order chi connectivity index (χ0) is 18.7. The van der Waals surface area contributed by atoms with Crippen molar-refractivity contribution >= 4 is 40.1 Å². The Labute approximate surface area is 159 Å². The molecule has 1 amide bonds. The Morgan fingerprint density at radius 1 is 1.15 bits per heavy atom. The van der Waals surface area contributed by atoms with E-state index in [1.165, 1.54) is 0 Å². The van der Waals surface area contributed by atoms with Crippen LogP contribution in [0.25, 0.3) is 11.0 Å². The van der Waals surface area contributed by atoms with Crippen molar-refractivity contribution in [1.82, 2.24) is 14.5 Å². The standard InChI is InChI=1S/C18H17Cl2N3O3/c1-22-14-4-2-3-5-15(14)23(18(22)25)9-8-21-17(24)11-26-16-7-6-12(19)10-13(16)20/h2-7,10H,8-9,11H2,1H3,(H,21,24). The highest BCUT2D eigenvalue weighted by atomic mass is 35.5. The number of carbonyl (C=O) groups is 1. The molecule has 0 bridgehead atoms. The second kappa shape index (κ2) is 7.85. The number of nitrogens with zero attached hydrogens (tertiary/aromatic N) is 2. The molecule has 6 nitrogen and oxygen atoms in total. The maximum atomic E-state index is 12.3. The van der Waals surface area contributed by atoms with E-state index in [0.717, 1.165) is 11.0 Å². The van der Waals surface area contributed by atoms with Crippen LogP contribution in [-0.4, -0.2) is 28.2 Å². The van der Waals surface area contributed by atoms with Gasteiger partial charge in [-0.1, -0.05) is 35.3 Å². The molecule has 26 heavy (non-hydrogen) atoms. The third-order valence-corrected chi connectivity index (χ3v) is 4.49. The van der Waals surface area contributed by atoms with Gasteiger partial charge in [-0.05, 0) is 30.3 Å². The number of aryl methyl sites for hydroxylation is 1. The van der Waals surface area contributed by atoms with Crippen LogP contribution in [0.3, 0.4) is 0 Å². The summed E-state index contributed by atoms with van der Waals surface area (Å²) in [5, 5.41) is 3.56. The maximum Gasteiger partial charge on any atom is 0.328 e. The van der Waals surface area contributed by atoms with Crippen LogP contribution in [0.4, 0.5) is 0 Å². The summed E-state index contributed by atoms with van der Waals surface area (Å²) >= 11 is 11.8. The normalized spacial score (nSPS) is 10.9. The number of hydrogen-bond donors (Lipinski definition) is 1. The van der Waals surface area contributed by atoms with E-state index < -0.39 is 0 Å². The lowest BCUT2D eigenvalue weighted by Gasteiger charge is -2.09. The summed E-state index contributed by atoms with van der Waals surface area (Å²) in [7, 11) is 1.73. The van der Waals surface area contributed by atoms with Crippen molar-refractivity contribution in [3.05, 3.63) is 63.0 Å². The fraction of sp³-hybridized carbons (Fsp3) is 0.222. The Morgan fingerprint density at radius 2 is 1.88 bits per heavy atom. The predicted octanol–water partition coefficient (Wildman–Crippen LogP) is 2.84. The number of rotatable bonds is 6. The topological polar surface area (TPSA) is 65.3 Å². The van der Waals surface area contributed by atoms with E-state index in [1.807, 2.05) is 24.3 Å². The molecular weight excluding hydrogens is 377 g/mol. The van der Waals surface area contributed by atoms with Crippen molar-refractivity contribution < 1.29 is 9.53 Å². The number of hydrogen-bond acceptors (Lipinski definition) is 3. The number of imidazole rings is 1. The lowest BCUT2D eigenvalue weighted by atomic mass is 10.3. The molecule has 0 atom stereocenters. The number of benzene rings is 2. The third-order valence-electron chi connectivity index (χ3n) is 3.96. The van der Waals surface area contributed by atoms with E-state index in [1.54, 1.807) is 34.4 Å². The Morgan fingerprint density at radius 3 is 2.62 bits per heavy atom. The summed E-state index contributed by atoms with van der Waals surface area (Å²) in [6.07, 6.45) is 0. The van der Waals surface area contributed by atoms with E-state index in [9.17, 15) is 9.59 Å². The molecule has 1 aromatic heterocycles. The van der Waals surface area contributed by atoms with Crippen molar-refractivity contribution in [1.29, 1.82) is 0 Å². The Bertz CT molecular complexity index is 1010. The van der Waals surface area contributed by atoms with Crippen LogP contribution in [0.2, 0.25) is 10.0 Å². The second-order valence-corrected chi connectivity index (χ2v) is 6.54. The molecule has 0 aliphatic heterocycles. The number of amides is 1. The number of aromatic nitrogens is 2. The first-order valence-electron chi connectivity index (χ1n) is 7.96. The van der Waals surface area contributed by atoms with Crippen molar-refractivity contribution in [2.45, 2.75) is 6.54 Å². The van der Waals surface area contributed by atoms with Gasteiger partial charge in [0, 0.05) is 25.2 Å². The van der Waals surface area contributed by atoms with Gasteiger partial charge in [0.15, 0.2) is 6.61 Å². The second-order valence-electron chi connectivity index (χ2n) is 5.70. The molecule has 0 saturated carbocycles. The molecule has 3 aromatic rings. The SMILES string of the molecule is Cn1c(=O)n(CCNC(=O)COc2ccc(Cl)cc2Cl)c2ccccc21. The number of carbonyl (C=O) groups excluding carboxylic acids is 1. The van der Waals surface area contributed by atoms with Crippen LogP contribution in [0, 0.1) is 0 Å². The van der Waals surface area contributed by atoms with Gasteiger partial charge in [0.05, 0.1) is 16.1 Å². The third kappa shape index (κ3) is 3.86. The van der Waals surface area contributed by atoms with Crippen LogP contribution in [-0.2, 0) is 18.4 Å². The van der Waals surface area contributed by atoms with Crippen molar-refractivity contribution in [3.63, 3.8) is 0 Å². The molecule has 1 heterocycles. The minimum Gasteiger partial charge on any atom is -0.482 e. The van der Waals surface area contributed by atoms with Crippen molar-refractivity contribution in [2.75, 3.05) is 13.2 Å². The van der Waals surface area contributed by atoms with E-state index in [-0.39, 0.29) is 18.2 Å². The molecule has 0 spiro atoms. The van der Waals surface area contributed by atoms with E-state index >= 15 is 0 Å². The minimum absolute atomic E-state index is 0.121. The number of para-hydroxylation sites is 2. The number of nitrogens with one attached hydrogen (secondary N) is 1. The van der Waals surface area contributed by atoms with Gasteiger partial charge >= 0.3 is 5.69 Å². The molecule has 0 aliphatic rings. The molecular formula is C18H17Cl2N3O3. The highest BCUT2D eigenvalue weighted by Crippen LogP contribution is 2.27. The zero-order valence-electron chi connectivity index (χ0n) is 14.0. The molecule has 0 fully saturated rings. The largest absolute Gasteiger partial charge is 0.482 e. The summed E-state index contributed by atoms with van der Waals surface area (Å²) in [4.78, 5) is 24.2.